The second-order valence-corrected chi connectivity index (χ2v) is 3.96. The molecule has 0 saturated carbocycles. The molecule has 0 aliphatic heterocycles. The number of rotatable bonds is 2. The minimum absolute atomic E-state index is 0.184. The molecule has 0 aromatic carbocycles. The maximum atomic E-state index is 12.0. The number of H-pyrrole nitrogens is 1. The summed E-state index contributed by atoms with van der Waals surface area (Å²) in [7, 11) is 0. The van der Waals surface area contributed by atoms with Crippen LogP contribution in [0, 0.1) is 13.8 Å². The highest BCUT2D eigenvalue weighted by Crippen LogP contribution is 2.19. The molecule has 2 heterocycles. The van der Waals surface area contributed by atoms with Crippen LogP contribution in [0.25, 0.3) is 0 Å². The summed E-state index contributed by atoms with van der Waals surface area (Å²) in [5.74, 6) is -0.296. The van der Waals surface area contributed by atoms with Crippen LogP contribution >= 0.6 is 11.6 Å². The Bertz CT molecular complexity index is 545. The zero-order valence-electron chi connectivity index (χ0n) is 9.41. The third-order valence-electron chi connectivity index (χ3n) is 2.37. The van der Waals surface area contributed by atoms with E-state index in [-0.39, 0.29) is 11.1 Å². The summed E-state index contributed by atoms with van der Waals surface area (Å²) in [5, 5.41) is 9.73. The molecule has 0 aliphatic carbocycles. The van der Waals surface area contributed by atoms with Crippen LogP contribution in [-0.4, -0.2) is 21.1 Å². The summed E-state index contributed by atoms with van der Waals surface area (Å²) >= 11 is 5.84. The Morgan fingerprint density at radius 2 is 2.24 bits per heavy atom. The van der Waals surface area contributed by atoms with Gasteiger partial charge in [-0.3, -0.25) is 9.89 Å². The van der Waals surface area contributed by atoms with Crippen molar-refractivity contribution in [2.45, 2.75) is 13.8 Å². The fourth-order valence-electron chi connectivity index (χ4n) is 1.47. The van der Waals surface area contributed by atoms with E-state index in [1.165, 1.54) is 6.20 Å². The predicted molar refractivity (Wildman–Crippen MR) is 65.3 cm³/mol. The fourth-order valence-corrected chi connectivity index (χ4v) is 1.68. The summed E-state index contributed by atoms with van der Waals surface area (Å²) in [6.45, 7) is 3.64. The van der Waals surface area contributed by atoms with Gasteiger partial charge in [-0.05, 0) is 26.0 Å². The minimum Gasteiger partial charge on any atom is -0.319 e. The molecule has 88 valence electrons. The van der Waals surface area contributed by atoms with Crippen molar-refractivity contribution >= 4 is 23.2 Å². The highest BCUT2D eigenvalue weighted by atomic mass is 35.5. The Labute approximate surface area is 103 Å². The topological polar surface area (TPSA) is 70.7 Å². The highest BCUT2D eigenvalue weighted by molar-refractivity contribution is 6.33. The molecule has 2 N–H and O–H groups in total. The molecule has 0 atom stereocenters. The van der Waals surface area contributed by atoms with Crippen LogP contribution in [0.3, 0.4) is 0 Å². The smallest absolute Gasteiger partial charge is 0.258 e. The fraction of sp³-hybridized carbons (Fsp3) is 0.182. The van der Waals surface area contributed by atoms with Crippen molar-refractivity contribution in [1.29, 1.82) is 0 Å². The lowest BCUT2D eigenvalue weighted by molar-refractivity contribution is 0.102. The Balaban J connectivity index is 2.27. The third kappa shape index (κ3) is 2.29. The SMILES string of the molecule is Cc1n[nH]c(C)c1NC(=O)c1cccnc1Cl. The number of pyridine rings is 1. The summed E-state index contributed by atoms with van der Waals surface area (Å²) in [6, 6.07) is 3.28. The van der Waals surface area contributed by atoms with Gasteiger partial charge in [0.2, 0.25) is 0 Å². The van der Waals surface area contributed by atoms with Crippen LogP contribution in [0.4, 0.5) is 5.69 Å². The van der Waals surface area contributed by atoms with Gasteiger partial charge >= 0.3 is 0 Å². The van der Waals surface area contributed by atoms with Crippen LogP contribution in [0.15, 0.2) is 18.3 Å². The zero-order chi connectivity index (χ0) is 12.4. The Morgan fingerprint density at radius 3 is 2.82 bits per heavy atom. The molecule has 0 unspecified atom stereocenters. The molecule has 17 heavy (non-hydrogen) atoms. The van der Waals surface area contributed by atoms with E-state index in [4.69, 9.17) is 11.6 Å². The van der Waals surface area contributed by atoms with Gasteiger partial charge in [-0.1, -0.05) is 11.6 Å². The van der Waals surface area contributed by atoms with Crippen molar-refractivity contribution in [2.24, 2.45) is 0 Å². The first-order chi connectivity index (χ1) is 8.09. The number of hydrogen-bond acceptors (Lipinski definition) is 3. The molecule has 0 bridgehead atoms. The van der Waals surface area contributed by atoms with Crippen molar-refractivity contribution in [1.82, 2.24) is 15.2 Å². The number of carbonyl (C=O) groups is 1. The van der Waals surface area contributed by atoms with Crippen LogP contribution < -0.4 is 5.32 Å². The lowest BCUT2D eigenvalue weighted by Gasteiger charge is -2.05. The van der Waals surface area contributed by atoms with E-state index < -0.39 is 0 Å². The normalized spacial score (nSPS) is 10.3. The maximum Gasteiger partial charge on any atom is 0.258 e. The molecule has 0 aliphatic rings. The molecule has 1 amide bonds. The van der Waals surface area contributed by atoms with Crippen molar-refractivity contribution in [2.75, 3.05) is 5.32 Å². The second kappa shape index (κ2) is 4.55. The number of hydrogen-bond donors (Lipinski definition) is 2. The van der Waals surface area contributed by atoms with E-state index >= 15 is 0 Å². The number of aryl methyl sites for hydroxylation is 2. The van der Waals surface area contributed by atoms with E-state index in [1.54, 1.807) is 12.1 Å². The van der Waals surface area contributed by atoms with E-state index in [1.807, 2.05) is 13.8 Å². The van der Waals surface area contributed by atoms with E-state index in [2.05, 4.69) is 20.5 Å². The molecule has 0 radical (unpaired) electrons. The molecular formula is C11H11ClN4O. The molecule has 0 spiro atoms. The van der Waals surface area contributed by atoms with E-state index in [0.717, 1.165) is 11.4 Å². The van der Waals surface area contributed by atoms with Crippen LogP contribution in [0.5, 0.6) is 0 Å². The van der Waals surface area contributed by atoms with Gasteiger partial charge in [0.25, 0.3) is 5.91 Å². The molecule has 0 fully saturated rings. The first-order valence-corrected chi connectivity index (χ1v) is 5.41. The largest absolute Gasteiger partial charge is 0.319 e. The number of aromatic nitrogens is 3. The van der Waals surface area contributed by atoms with Crippen LogP contribution in [0.2, 0.25) is 5.15 Å². The van der Waals surface area contributed by atoms with Gasteiger partial charge in [0.1, 0.15) is 5.15 Å². The molecule has 2 rings (SSSR count). The van der Waals surface area contributed by atoms with Crippen LogP contribution in [0.1, 0.15) is 21.7 Å². The molecular weight excluding hydrogens is 240 g/mol. The number of amides is 1. The second-order valence-electron chi connectivity index (χ2n) is 3.60. The summed E-state index contributed by atoms with van der Waals surface area (Å²) in [5.41, 5.74) is 2.55. The minimum atomic E-state index is -0.296. The van der Waals surface area contributed by atoms with Gasteiger partial charge < -0.3 is 5.32 Å². The maximum absolute atomic E-state index is 12.0. The lowest BCUT2D eigenvalue weighted by atomic mass is 10.2. The number of anilines is 1. The molecule has 0 saturated heterocycles. The average molecular weight is 251 g/mol. The molecule has 2 aromatic rings. The molecule has 6 heteroatoms. The monoisotopic (exact) mass is 250 g/mol. The van der Waals surface area contributed by atoms with Gasteiger partial charge in [-0.25, -0.2) is 4.98 Å². The van der Waals surface area contributed by atoms with Gasteiger partial charge in [0.15, 0.2) is 0 Å². The number of aromatic amines is 1. The number of halogens is 1. The standard InChI is InChI=1S/C11H11ClN4O/c1-6-9(7(2)16-15-6)14-11(17)8-4-3-5-13-10(8)12/h3-5H,1-2H3,(H,14,17)(H,15,16). The predicted octanol–water partition coefficient (Wildman–Crippen LogP) is 2.33. The number of carbonyl (C=O) groups excluding carboxylic acids is 1. The molecule has 5 nitrogen and oxygen atoms in total. The van der Waals surface area contributed by atoms with E-state index in [9.17, 15) is 4.79 Å². The van der Waals surface area contributed by atoms with Crippen LogP contribution in [-0.2, 0) is 0 Å². The quantitative estimate of drug-likeness (QED) is 0.804. The lowest BCUT2D eigenvalue weighted by Crippen LogP contribution is -2.13. The van der Waals surface area contributed by atoms with Crippen molar-refractivity contribution in [3.63, 3.8) is 0 Å². The number of nitrogens with zero attached hydrogens (tertiary/aromatic N) is 2. The zero-order valence-corrected chi connectivity index (χ0v) is 10.2. The first kappa shape index (κ1) is 11.6. The van der Waals surface area contributed by atoms with Gasteiger partial charge in [-0.15, -0.1) is 0 Å². The summed E-state index contributed by atoms with van der Waals surface area (Å²) < 4.78 is 0. The first-order valence-electron chi connectivity index (χ1n) is 5.03. The molecule has 2 aromatic heterocycles. The number of nitrogens with one attached hydrogen (secondary N) is 2. The van der Waals surface area contributed by atoms with Gasteiger partial charge in [-0.2, -0.15) is 5.10 Å². The van der Waals surface area contributed by atoms with Gasteiger partial charge in [0.05, 0.1) is 22.6 Å². The Kier molecular flexibility index (Phi) is 3.10. The highest BCUT2D eigenvalue weighted by Gasteiger charge is 2.14. The Morgan fingerprint density at radius 1 is 1.47 bits per heavy atom. The van der Waals surface area contributed by atoms with Crippen molar-refractivity contribution in [3.8, 4) is 0 Å². The van der Waals surface area contributed by atoms with Gasteiger partial charge in [0, 0.05) is 6.20 Å². The third-order valence-corrected chi connectivity index (χ3v) is 2.67. The summed E-state index contributed by atoms with van der Waals surface area (Å²) in [4.78, 5) is 15.8. The average Bonchev–Trinajstić information content (AvgIpc) is 2.61. The van der Waals surface area contributed by atoms with Crippen molar-refractivity contribution < 1.29 is 4.79 Å². The van der Waals surface area contributed by atoms with E-state index in [0.29, 0.717) is 11.3 Å². The summed E-state index contributed by atoms with van der Waals surface area (Å²) in [6.07, 6.45) is 1.54. The van der Waals surface area contributed by atoms with Crippen molar-refractivity contribution in [3.05, 3.63) is 40.4 Å². The Hall–Kier alpha value is -1.88.